The predicted octanol–water partition coefficient (Wildman–Crippen LogP) is 1.75. The minimum absolute atomic E-state index is 0.410. The number of fused-ring (bicyclic) bond motifs is 1. The summed E-state index contributed by atoms with van der Waals surface area (Å²) in [6.07, 6.45) is -0.556. The lowest BCUT2D eigenvalue weighted by atomic mass is 9.96. The molecule has 2 heterocycles. The molecule has 9 nitrogen and oxygen atoms in total. The van der Waals surface area contributed by atoms with Gasteiger partial charge in [-0.05, 0) is 36.3 Å². The molecule has 9 heteroatoms. The number of nitrogens with one attached hydrogen (secondary N) is 1. The van der Waals surface area contributed by atoms with Crippen molar-refractivity contribution in [3.05, 3.63) is 65.7 Å². The van der Waals surface area contributed by atoms with Gasteiger partial charge in [-0.15, -0.1) is 0 Å². The van der Waals surface area contributed by atoms with Crippen molar-refractivity contribution < 1.29 is 30.0 Å². The van der Waals surface area contributed by atoms with Crippen molar-refractivity contribution in [3.63, 3.8) is 0 Å². The van der Waals surface area contributed by atoms with Crippen molar-refractivity contribution in [1.82, 2.24) is 9.55 Å². The minimum Gasteiger partial charge on any atom is -0.478 e. The number of carbonyl (C=O) groups is 1. The van der Waals surface area contributed by atoms with Crippen LogP contribution in [0.2, 0.25) is 0 Å². The molecule has 4 rings (SSSR count). The number of carboxylic acid groups (broad SMARTS) is 1. The first-order valence-corrected chi connectivity index (χ1v) is 10.2. The van der Waals surface area contributed by atoms with Crippen molar-refractivity contribution in [1.29, 1.82) is 0 Å². The second kappa shape index (κ2) is 8.71. The average Bonchev–Trinajstić information content (AvgIpc) is 3.25. The van der Waals surface area contributed by atoms with Gasteiger partial charge in [0.15, 0.2) is 6.23 Å². The molecule has 0 amide bonds. The Morgan fingerprint density at radius 3 is 2.62 bits per heavy atom. The van der Waals surface area contributed by atoms with Gasteiger partial charge in [0.05, 0.1) is 17.6 Å². The van der Waals surface area contributed by atoms with Crippen molar-refractivity contribution in [2.75, 3.05) is 11.9 Å². The smallest absolute Gasteiger partial charge is 0.328 e. The van der Waals surface area contributed by atoms with Crippen LogP contribution in [0.15, 0.2) is 54.6 Å². The van der Waals surface area contributed by atoms with Crippen LogP contribution in [-0.2, 0) is 16.1 Å². The number of carboxylic acids is 1. The van der Waals surface area contributed by atoms with Crippen LogP contribution in [0.4, 0.5) is 5.95 Å². The fourth-order valence-corrected chi connectivity index (χ4v) is 3.87. The molecule has 0 radical (unpaired) electrons. The second-order valence-corrected chi connectivity index (χ2v) is 7.94. The van der Waals surface area contributed by atoms with E-state index in [4.69, 9.17) is 9.84 Å². The molecule has 1 aliphatic rings. The number of imidazole rings is 1. The largest absolute Gasteiger partial charge is 0.478 e. The van der Waals surface area contributed by atoms with Crippen LogP contribution >= 0.6 is 0 Å². The number of benzene rings is 2. The lowest BCUT2D eigenvalue weighted by Crippen LogP contribution is -2.44. The molecule has 0 bridgehead atoms. The SMILES string of the molecule is CC1(O)C(O)C(CO)OC1n1c(NCc2ccc(C=CC(=O)O)cc2)nc2ccccc21. The molecular formula is C23H25N3O6. The normalized spacial score (nSPS) is 25.6. The van der Waals surface area contributed by atoms with E-state index in [0.717, 1.165) is 17.2 Å². The lowest BCUT2D eigenvalue weighted by Gasteiger charge is -2.28. The van der Waals surface area contributed by atoms with Gasteiger partial charge in [-0.25, -0.2) is 9.78 Å². The van der Waals surface area contributed by atoms with E-state index in [0.29, 0.717) is 23.5 Å². The molecule has 4 atom stereocenters. The number of nitrogens with zero attached hydrogens (tertiary/aromatic N) is 2. The Kier molecular flexibility index (Phi) is 5.98. The van der Waals surface area contributed by atoms with Gasteiger partial charge in [0.1, 0.15) is 17.8 Å². The third-order valence-corrected chi connectivity index (χ3v) is 5.61. The van der Waals surface area contributed by atoms with Crippen molar-refractivity contribution in [2.45, 2.75) is 37.5 Å². The molecule has 1 aliphatic heterocycles. The fraction of sp³-hybridized carbons (Fsp3) is 0.304. The summed E-state index contributed by atoms with van der Waals surface area (Å²) in [6.45, 7) is 1.46. The first kappa shape index (κ1) is 22.0. The van der Waals surface area contributed by atoms with Crippen molar-refractivity contribution >= 4 is 29.0 Å². The van der Waals surface area contributed by atoms with Crippen molar-refractivity contribution in [2.24, 2.45) is 0 Å². The number of para-hydroxylation sites is 2. The second-order valence-electron chi connectivity index (χ2n) is 7.94. The first-order chi connectivity index (χ1) is 15.3. The van der Waals surface area contributed by atoms with Crippen LogP contribution in [0.1, 0.15) is 24.3 Å². The number of anilines is 1. The van der Waals surface area contributed by atoms with E-state index in [1.807, 2.05) is 48.5 Å². The Morgan fingerprint density at radius 2 is 1.97 bits per heavy atom. The monoisotopic (exact) mass is 439 g/mol. The molecule has 0 aliphatic carbocycles. The van der Waals surface area contributed by atoms with Gasteiger partial charge in [0.2, 0.25) is 5.95 Å². The van der Waals surface area contributed by atoms with Crippen LogP contribution in [0, 0.1) is 0 Å². The Labute approximate surface area is 184 Å². The quantitative estimate of drug-likeness (QED) is 0.351. The summed E-state index contributed by atoms with van der Waals surface area (Å²) in [5.41, 5.74) is 1.45. The fourth-order valence-electron chi connectivity index (χ4n) is 3.87. The third-order valence-electron chi connectivity index (χ3n) is 5.61. The molecular weight excluding hydrogens is 414 g/mol. The molecule has 0 saturated carbocycles. The van der Waals surface area contributed by atoms with Gasteiger partial charge in [0.25, 0.3) is 0 Å². The van der Waals surface area contributed by atoms with Crippen LogP contribution < -0.4 is 5.32 Å². The highest BCUT2D eigenvalue weighted by Crippen LogP contribution is 2.41. The summed E-state index contributed by atoms with van der Waals surface area (Å²) in [4.78, 5) is 15.3. The Balaban J connectivity index is 1.62. The number of aliphatic hydroxyl groups excluding tert-OH is 2. The number of hydrogen-bond donors (Lipinski definition) is 5. The van der Waals surface area contributed by atoms with Gasteiger partial charge in [-0.2, -0.15) is 0 Å². The summed E-state index contributed by atoms with van der Waals surface area (Å²) in [5.74, 6) is -0.565. The van der Waals surface area contributed by atoms with E-state index in [2.05, 4.69) is 10.3 Å². The summed E-state index contributed by atoms with van der Waals surface area (Å²) in [5, 5.41) is 42.9. The minimum atomic E-state index is -1.65. The van der Waals surface area contributed by atoms with Gasteiger partial charge < -0.3 is 30.5 Å². The maximum Gasteiger partial charge on any atom is 0.328 e. The number of ether oxygens (including phenoxy) is 1. The topological polar surface area (TPSA) is 137 Å². The Bertz CT molecular complexity index is 1140. The van der Waals surface area contributed by atoms with E-state index in [9.17, 15) is 20.1 Å². The maximum absolute atomic E-state index is 11.0. The molecule has 0 spiro atoms. The van der Waals surface area contributed by atoms with Gasteiger partial charge in [-0.1, -0.05) is 36.4 Å². The van der Waals surface area contributed by atoms with Crippen LogP contribution in [0.5, 0.6) is 0 Å². The Hall–Kier alpha value is -3.24. The summed E-state index contributed by atoms with van der Waals surface area (Å²) in [7, 11) is 0. The van der Waals surface area contributed by atoms with Crippen LogP contribution in [0.25, 0.3) is 17.1 Å². The summed E-state index contributed by atoms with van der Waals surface area (Å²) >= 11 is 0. The summed E-state index contributed by atoms with van der Waals surface area (Å²) < 4.78 is 7.52. The lowest BCUT2D eigenvalue weighted by molar-refractivity contribution is -0.131. The molecule has 3 aromatic rings. The van der Waals surface area contributed by atoms with Crippen molar-refractivity contribution in [3.8, 4) is 0 Å². The third kappa shape index (κ3) is 4.11. The zero-order chi connectivity index (χ0) is 22.9. The molecule has 4 unspecified atom stereocenters. The highest BCUT2D eigenvalue weighted by atomic mass is 16.6. The van der Waals surface area contributed by atoms with Gasteiger partial charge >= 0.3 is 5.97 Å². The average molecular weight is 439 g/mol. The van der Waals surface area contributed by atoms with E-state index in [1.54, 1.807) is 4.57 Å². The molecule has 2 aromatic carbocycles. The zero-order valence-electron chi connectivity index (χ0n) is 17.4. The standard InChI is InChI=1S/C23H25N3O6/c1-23(31)20(30)18(13-27)32-21(23)26-17-5-3-2-4-16(17)25-22(26)24-12-15-8-6-14(7-9-15)10-11-19(28)29/h2-11,18,20-21,27,30-31H,12-13H2,1H3,(H,24,25)(H,28,29). The van der Waals surface area contributed by atoms with Crippen LogP contribution in [-0.4, -0.2) is 60.4 Å². The van der Waals surface area contributed by atoms with E-state index < -0.39 is 36.6 Å². The number of aliphatic hydroxyl groups is 3. The highest BCUT2D eigenvalue weighted by Gasteiger charge is 2.53. The maximum atomic E-state index is 11.0. The Morgan fingerprint density at radius 1 is 1.25 bits per heavy atom. The molecule has 1 aromatic heterocycles. The molecule has 1 fully saturated rings. The molecule has 1 saturated heterocycles. The van der Waals surface area contributed by atoms with E-state index in [1.165, 1.54) is 13.0 Å². The molecule has 32 heavy (non-hydrogen) atoms. The molecule has 168 valence electrons. The van der Waals surface area contributed by atoms with E-state index >= 15 is 0 Å². The zero-order valence-corrected chi connectivity index (χ0v) is 17.4. The summed E-state index contributed by atoms with van der Waals surface area (Å²) in [6, 6.07) is 14.7. The first-order valence-electron chi connectivity index (χ1n) is 10.2. The van der Waals surface area contributed by atoms with Gasteiger partial charge in [0, 0.05) is 12.6 Å². The number of rotatable bonds is 7. The van der Waals surface area contributed by atoms with Gasteiger partial charge in [-0.3, -0.25) is 4.57 Å². The number of hydrogen-bond acceptors (Lipinski definition) is 7. The number of aromatic nitrogens is 2. The predicted molar refractivity (Wildman–Crippen MR) is 118 cm³/mol. The highest BCUT2D eigenvalue weighted by molar-refractivity contribution is 5.85. The van der Waals surface area contributed by atoms with Crippen LogP contribution in [0.3, 0.4) is 0 Å². The molecule has 5 N–H and O–H groups in total. The van der Waals surface area contributed by atoms with E-state index in [-0.39, 0.29) is 0 Å². The number of aliphatic carboxylic acids is 1.